The number of hydrogen-bond acceptors (Lipinski definition) is 12. The number of aromatic nitrogens is 4. The summed E-state index contributed by atoms with van der Waals surface area (Å²) in [5.74, 6) is -0.258. The van der Waals surface area contributed by atoms with Crippen molar-refractivity contribution in [3.05, 3.63) is 16.7 Å². The molecule has 21 heteroatoms. The van der Waals surface area contributed by atoms with Crippen molar-refractivity contribution in [2.45, 2.75) is 18.4 Å². The summed E-state index contributed by atoms with van der Waals surface area (Å²) in [5, 5.41) is 10.3. The van der Waals surface area contributed by atoms with Crippen LogP contribution in [0.2, 0.25) is 0 Å². The van der Waals surface area contributed by atoms with E-state index in [2.05, 4.69) is 28.1 Å². The van der Waals surface area contributed by atoms with Crippen molar-refractivity contribution >= 4 is 40.6 Å². The summed E-state index contributed by atoms with van der Waals surface area (Å²) in [5.41, 5.74) is 4.56. The van der Waals surface area contributed by atoms with Gasteiger partial charge in [-0.05, 0) is 0 Å². The van der Waals surface area contributed by atoms with Gasteiger partial charge in [-0.15, -0.1) is 0 Å². The van der Waals surface area contributed by atoms with Crippen molar-refractivity contribution in [2.75, 3.05) is 12.3 Å². The molecule has 0 saturated carbocycles. The summed E-state index contributed by atoms with van der Waals surface area (Å²) >= 11 is 0. The fourth-order valence-electron chi connectivity index (χ4n) is 2.51. The van der Waals surface area contributed by atoms with Crippen LogP contribution in [-0.4, -0.2) is 63.0 Å². The number of aliphatic hydroxyl groups is 1. The van der Waals surface area contributed by atoms with E-state index in [0.29, 0.717) is 0 Å². The van der Waals surface area contributed by atoms with E-state index in [-0.39, 0.29) is 17.1 Å². The van der Waals surface area contributed by atoms with Gasteiger partial charge >= 0.3 is 23.5 Å². The third-order valence-electron chi connectivity index (χ3n) is 3.51. The van der Waals surface area contributed by atoms with Crippen molar-refractivity contribution in [3.8, 4) is 0 Å². The molecule has 0 spiro atoms. The second kappa shape index (κ2) is 7.87. The molecule has 18 nitrogen and oxygen atoms in total. The van der Waals surface area contributed by atoms with E-state index in [1.165, 1.54) is 0 Å². The predicted octanol–water partition coefficient (Wildman–Crippen LogP) is -1.70. The highest BCUT2D eigenvalue weighted by molar-refractivity contribution is 7.66. The summed E-state index contributed by atoms with van der Waals surface area (Å²) in [7, 11) is -16.8. The Balaban J connectivity index is 1.77. The number of ether oxygens (including phenoxy) is 1. The van der Waals surface area contributed by atoms with Gasteiger partial charge in [0.1, 0.15) is 12.2 Å². The fourth-order valence-corrected chi connectivity index (χ4v) is 5.70. The second-order valence-electron chi connectivity index (χ2n) is 5.72. The molecule has 0 aliphatic carbocycles. The zero-order valence-electron chi connectivity index (χ0n) is 14.3. The Hall–Kier alpha value is -1.52. The number of aliphatic hydroxyl groups excluding tert-OH is 1. The minimum absolute atomic E-state index is 0.0840. The van der Waals surface area contributed by atoms with Gasteiger partial charge in [-0.3, -0.25) is 18.9 Å². The van der Waals surface area contributed by atoms with Crippen molar-refractivity contribution in [1.29, 1.82) is 0 Å². The van der Waals surface area contributed by atoms with Gasteiger partial charge in [-0.25, -0.2) is 18.7 Å². The number of aromatic amines is 1. The number of hydrogen-bond donors (Lipinski definition) is 7. The third-order valence-corrected chi connectivity index (χ3v) is 7.38. The smallest absolute Gasteiger partial charge is 0.386 e. The molecule has 1 aliphatic rings. The van der Waals surface area contributed by atoms with Gasteiger partial charge in [-0.1, -0.05) is 0 Å². The number of fused-ring (bicyclic) bond motifs is 1. The zero-order chi connectivity index (χ0) is 22.5. The van der Waals surface area contributed by atoms with Crippen LogP contribution in [0.5, 0.6) is 0 Å². The predicted molar refractivity (Wildman–Crippen MR) is 92.3 cm³/mol. The lowest BCUT2D eigenvalue weighted by atomic mass is 10.2. The molecule has 2 aromatic heterocycles. The van der Waals surface area contributed by atoms with Crippen LogP contribution in [0, 0.1) is 0 Å². The minimum atomic E-state index is -5.72. The summed E-state index contributed by atoms with van der Waals surface area (Å²) in [6.45, 7) is -0.548. The number of anilines is 1. The highest BCUT2D eigenvalue weighted by atomic mass is 31.3. The number of nitrogens with zero attached hydrogens (tertiary/aromatic N) is 3. The van der Waals surface area contributed by atoms with Gasteiger partial charge in [0.05, 0.1) is 12.9 Å². The number of rotatable bonds is 7. The first-order chi connectivity index (χ1) is 13.7. The molecule has 3 heterocycles. The molecule has 1 saturated heterocycles. The third kappa shape index (κ3) is 5.20. The maximum absolute atomic E-state index is 11.9. The van der Waals surface area contributed by atoms with E-state index in [0.717, 1.165) is 10.9 Å². The Morgan fingerprint density at radius 1 is 1.20 bits per heavy atom. The van der Waals surface area contributed by atoms with Crippen LogP contribution in [-0.2, 0) is 31.6 Å². The van der Waals surface area contributed by atoms with Gasteiger partial charge in [0.15, 0.2) is 17.4 Å². The van der Waals surface area contributed by atoms with Crippen LogP contribution >= 0.6 is 23.5 Å². The van der Waals surface area contributed by atoms with E-state index in [1.807, 2.05) is 0 Å². The Morgan fingerprint density at radius 2 is 1.87 bits per heavy atom. The van der Waals surface area contributed by atoms with Crippen molar-refractivity contribution < 1.29 is 56.3 Å². The molecule has 0 bridgehead atoms. The van der Waals surface area contributed by atoms with Crippen molar-refractivity contribution in [1.82, 2.24) is 19.5 Å². The molecule has 3 rings (SSSR count). The molecule has 0 radical (unpaired) electrons. The SMILES string of the molecule is Nc1nc2c(ncn2[C@@H]2OCC(OP(=O)(O)OP(=O)(O)OP(=O)(O)O)C2O)c(=O)[nH]1. The molecule has 30 heavy (non-hydrogen) atoms. The summed E-state index contributed by atoms with van der Waals surface area (Å²) in [6.07, 6.45) is -3.60. The first-order valence-electron chi connectivity index (χ1n) is 7.52. The monoisotopic (exact) mass is 493 g/mol. The average molecular weight is 493 g/mol. The molecule has 8 N–H and O–H groups in total. The molecular weight excluding hydrogens is 479 g/mol. The van der Waals surface area contributed by atoms with Crippen LogP contribution in [0.25, 0.3) is 11.2 Å². The lowest BCUT2D eigenvalue weighted by Crippen LogP contribution is -2.30. The molecule has 2 aromatic rings. The van der Waals surface area contributed by atoms with Gasteiger partial charge in [0.25, 0.3) is 5.56 Å². The molecule has 1 aliphatic heterocycles. The first-order valence-corrected chi connectivity index (χ1v) is 12.0. The topological polar surface area (TPSA) is 279 Å². The van der Waals surface area contributed by atoms with Gasteiger partial charge < -0.3 is 35.2 Å². The number of phosphoric acid groups is 3. The Kier molecular flexibility index (Phi) is 6.07. The number of imidazole rings is 1. The first kappa shape index (κ1) is 23.1. The zero-order valence-corrected chi connectivity index (χ0v) is 17.0. The maximum atomic E-state index is 11.9. The fraction of sp³-hybridized carbons (Fsp3) is 0.444. The molecule has 168 valence electrons. The largest absolute Gasteiger partial charge is 0.490 e. The normalized spacial score (nSPS) is 26.5. The minimum Gasteiger partial charge on any atom is -0.386 e. The summed E-state index contributed by atoms with van der Waals surface area (Å²) in [4.78, 5) is 57.4. The molecule has 0 aromatic carbocycles. The quantitative estimate of drug-likeness (QED) is 0.212. The lowest BCUT2D eigenvalue weighted by Gasteiger charge is -2.21. The maximum Gasteiger partial charge on any atom is 0.490 e. The highest BCUT2D eigenvalue weighted by Gasteiger charge is 2.46. The van der Waals surface area contributed by atoms with E-state index < -0.39 is 54.1 Å². The van der Waals surface area contributed by atoms with Crippen LogP contribution in [0.3, 0.4) is 0 Å². The van der Waals surface area contributed by atoms with Gasteiger partial charge in [0, 0.05) is 0 Å². The van der Waals surface area contributed by atoms with Crippen LogP contribution < -0.4 is 11.3 Å². The summed E-state index contributed by atoms with van der Waals surface area (Å²) in [6, 6.07) is 0. The summed E-state index contributed by atoms with van der Waals surface area (Å²) < 4.78 is 51.9. The van der Waals surface area contributed by atoms with Crippen LogP contribution in [0.1, 0.15) is 6.23 Å². The van der Waals surface area contributed by atoms with E-state index in [4.69, 9.17) is 25.2 Å². The van der Waals surface area contributed by atoms with Gasteiger partial charge in [0.2, 0.25) is 5.95 Å². The van der Waals surface area contributed by atoms with Crippen LogP contribution in [0.4, 0.5) is 5.95 Å². The van der Waals surface area contributed by atoms with Gasteiger partial charge in [-0.2, -0.15) is 13.6 Å². The van der Waals surface area contributed by atoms with E-state index >= 15 is 0 Å². The highest BCUT2D eigenvalue weighted by Crippen LogP contribution is 2.66. The molecule has 1 fully saturated rings. The average Bonchev–Trinajstić information content (AvgIpc) is 3.07. The number of H-pyrrole nitrogens is 1. The number of nitrogen functional groups attached to an aromatic ring is 1. The molecular formula is C9H14N5O13P3. The molecule has 4 unspecified atom stereocenters. The number of phosphoric ester groups is 1. The number of nitrogens with two attached hydrogens (primary N) is 1. The number of nitrogens with one attached hydrogen (secondary N) is 1. The standard InChI is InChI=1S/C9H14N5O13P3/c10-9-12-6-4(7(16)13-9)11-2-14(6)8-5(15)3(1-24-8)25-29(20,21)27-30(22,23)26-28(17,18)19/h2-3,5,8,15H,1H2,(H,20,21)(H,22,23)(H2,17,18,19)(H3,10,12,13,16)/t3?,5?,8-/m1/s1. The second-order valence-corrected chi connectivity index (χ2v) is 10.1. The van der Waals surface area contributed by atoms with Crippen molar-refractivity contribution in [2.24, 2.45) is 0 Å². The molecule has 0 amide bonds. The van der Waals surface area contributed by atoms with E-state index in [1.54, 1.807) is 0 Å². The van der Waals surface area contributed by atoms with Crippen molar-refractivity contribution in [3.63, 3.8) is 0 Å². The van der Waals surface area contributed by atoms with E-state index in [9.17, 15) is 28.5 Å². The lowest BCUT2D eigenvalue weighted by molar-refractivity contribution is -0.0161. The molecule has 5 atom stereocenters. The Bertz CT molecular complexity index is 1160. The Labute approximate surface area is 164 Å². The Morgan fingerprint density at radius 3 is 2.50 bits per heavy atom. The van der Waals surface area contributed by atoms with Crippen LogP contribution in [0.15, 0.2) is 11.1 Å².